The maximum atomic E-state index is 13.3. The van der Waals surface area contributed by atoms with Gasteiger partial charge in [-0.3, -0.25) is 4.79 Å². The van der Waals surface area contributed by atoms with Crippen LogP contribution in [0.2, 0.25) is 0 Å². The molecule has 4 aromatic rings. The molecule has 0 fully saturated rings. The quantitative estimate of drug-likeness (QED) is 0.345. The Morgan fingerprint density at radius 1 is 0.857 bits per heavy atom. The number of nitrogens with zero attached hydrogens (tertiary/aromatic N) is 1. The Kier molecular flexibility index (Phi) is 5.89. The van der Waals surface area contributed by atoms with Gasteiger partial charge < -0.3 is 4.90 Å². The van der Waals surface area contributed by atoms with Crippen molar-refractivity contribution in [3.05, 3.63) is 110 Å². The first-order valence-electron chi connectivity index (χ1n) is 9.24. The second kappa shape index (κ2) is 8.72. The summed E-state index contributed by atoms with van der Waals surface area (Å²) in [5.74, 6) is 0. The third-order valence-corrected chi connectivity index (χ3v) is 6.23. The van der Waals surface area contributed by atoms with E-state index in [4.69, 9.17) is 0 Å². The molecule has 0 spiro atoms. The molecule has 0 saturated heterocycles. The summed E-state index contributed by atoms with van der Waals surface area (Å²) < 4.78 is 1.94. The van der Waals surface area contributed by atoms with Crippen molar-refractivity contribution in [3.63, 3.8) is 0 Å². The smallest absolute Gasteiger partial charge is 0.211 e. The Morgan fingerprint density at radius 3 is 2.25 bits per heavy atom. The summed E-state index contributed by atoms with van der Waals surface area (Å²) in [5, 5.41) is 2.78. The van der Waals surface area contributed by atoms with Gasteiger partial charge in [0.2, 0.25) is 5.43 Å². The van der Waals surface area contributed by atoms with Gasteiger partial charge in [0.25, 0.3) is 0 Å². The molecule has 0 amide bonds. The van der Waals surface area contributed by atoms with Gasteiger partial charge in [0, 0.05) is 33.0 Å². The fraction of sp³-hybridized carbons (Fsp3) is 0.125. The average Bonchev–Trinajstić information content (AvgIpc) is 2.73. The van der Waals surface area contributed by atoms with E-state index in [9.17, 15) is 4.79 Å². The molecular weight excluding hydrogens is 430 g/mol. The number of rotatable bonds is 6. The van der Waals surface area contributed by atoms with E-state index in [-0.39, 0.29) is 5.43 Å². The van der Waals surface area contributed by atoms with Crippen molar-refractivity contribution in [1.29, 1.82) is 0 Å². The number of hydrogen-bond donors (Lipinski definition) is 0. The van der Waals surface area contributed by atoms with E-state index < -0.39 is 0 Å². The van der Waals surface area contributed by atoms with Crippen LogP contribution in [0.15, 0.2) is 93.5 Å². The molecule has 0 bridgehead atoms. The van der Waals surface area contributed by atoms with E-state index in [2.05, 4.69) is 57.2 Å². The molecule has 0 saturated carbocycles. The lowest BCUT2D eigenvalue weighted by molar-refractivity contribution is 0.781. The molecule has 3 aromatic carbocycles. The first kappa shape index (κ1) is 18.9. The highest BCUT2D eigenvalue weighted by atomic mass is 79.9. The minimum absolute atomic E-state index is 0.0963. The predicted octanol–water partition coefficient (Wildman–Crippen LogP) is 6.27. The van der Waals surface area contributed by atoms with Crippen LogP contribution in [0.4, 0.5) is 5.69 Å². The highest BCUT2D eigenvalue weighted by molar-refractivity contribution is 9.10. The van der Waals surface area contributed by atoms with Crippen LogP contribution in [-0.2, 0) is 13.0 Å². The molecule has 0 N–H and O–H groups in total. The lowest BCUT2D eigenvalue weighted by Crippen LogP contribution is -2.29. The number of fused-ring (bicyclic) bond motifs is 1. The molecule has 0 aliphatic rings. The Labute approximate surface area is 177 Å². The molecule has 1 heterocycles. The van der Waals surface area contributed by atoms with E-state index >= 15 is 0 Å². The van der Waals surface area contributed by atoms with Crippen LogP contribution in [0.1, 0.15) is 11.1 Å². The number of halogens is 1. The molecule has 140 valence electrons. The van der Waals surface area contributed by atoms with Crippen LogP contribution in [0.3, 0.4) is 0 Å². The highest BCUT2D eigenvalue weighted by Gasteiger charge is 2.14. The summed E-state index contributed by atoms with van der Waals surface area (Å²) in [5.41, 5.74) is 3.35. The first-order chi connectivity index (χ1) is 13.7. The van der Waals surface area contributed by atoms with Crippen molar-refractivity contribution in [1.82, 2.24) is 0 Å². The van der Waals surface area contributed by atoms with Crippen LogP contribution in [0.25, 0.3) is 10.1 Å². The van der Waals surface area contributed by atoms with Crippen molar-refractivity contribution < 1.29 is 0 Å². The number of benzene rings is 3. The van der Waals surface area contributed by atoms with E-state index in [1.165, 1.54) is 11.1 Å². The summed E-state index contributed by atoms with van der Waals surface area (Å²) in [4.78, 5) is 15.5. The van der Waals surface area contributed by atoms with Gasteiger partial charge in [-0.15, -0.1) is 11.3 Å². The zero-order chi connectivity index (χ0) is 19.3. The molecule has 0 atom stereocenters. The van der Waals surface area contributed by atoms with E-state index in [1.54, 1.807) is 11.3 Å². The zero-order valence-electron chi connectivity index (χ0n) is 15.3. The van der Waals surface area contributed by atoms with Gasteiger partial charge in [-0.25, -0.2) is 0 Å². The maximum Gasteiger partial charge on any atom is 0.211 e. The van der Waals surface area contributed by atoms with Gasteiger partial charge in [0.1, 0.15) is 0 Å². The molecule has 0 unspecified atom stereocenters. The number of hydrogen-bond acceptors (Lipinski definition) is 3. The molecular formula is C24H20BrNOS. The third kappa shape index (κ3) is 4.34. The van der Waals surface area contributed by atoms with Crippen molar-refractivity contribution in [3.8, 4) is 0 Å². The van der Waals surface area contributed by atoms with Crippen LogP contribution in [0, 0.1) is 0 Å². The summed E-state index contributed by atoms with van der Waals surface area (Å²) in [6.45, 7) is 1.51. The van der Waals surface area contributed by atoms with Crippen LogP contribution in [0.5, 0.6) is 0 Å². The van der Waals surface area contributed by atoms with Gasteiger partial charge >= 0.3 is 0 Å². The molecule has 0 aliphatic carbocycles. The Bertz CT molecular complexity index is 1130. The fourth-order valence-electron chi connectivity index (χ4n) is 3.31. The fourth-order valence-corrected chi connectivity index (χ4v) is 4.59. The van der Waals surface area contributed by atoms with Gasteiger partial charge in [-0.1, -0.05) is 76.6 Å². The largest absolute Gasteiger partial charge is 0.363 e. The standard InChI is InChI=1S/C24H20BrNOS/c25-20-11-12-23-21(15-20)24(27)22(17-28-23)26(16-19-9-5-2-6-10-19)14-13-18-7-3-1-4-8-18/h1-12,15,17H,13-14,16H2. The zero-order valence-corrected chi connectivity index (χ0v) is 17.7. The Morgan fingerprint density at radius 2 is 1.54 bits per heavy atom. The van der Waals surface area contributed by atoms with Crippen molar-refractivity contribution >= 4 is 43.0 Å². The molecule has 0 radical (unpaired) electrons. The second-order valence-electron chi connectivity index (χ2n) is 6.73. The van der Waals surface area contributed by atoms with Gasteiger partial charge in [-0.2, -0.15) is 0 Å². The first-order valence-corrected chi connectivity index (χ1v) is 10.9. The predicted molar refractivity (Wildman–Crippen MR) is 123 cm³/mol. The van der Waals surface area contributed by atoms with Crippen molar-refractivity contribution in [2.75, 3.05) is 11.4 Å². The van der Waals surface area contributed by atoms with E-state index in [0.717, 1.165) is 39.8 Å². The topological polar surface area (TPSA) is 20.3 Å². The lowest BCUT2D eigenvalue weighted by atomic mass is 10.1. The maximum absolute atomic E-state index is 13.3. The SMILES string of the molecule is O=c1c(N(CCc2ccccc2)Cc2ccccc2)csc2ccc(Br)cc12. The minimum atomic E-state index is 0.0963. The van der Waals surface area contributed by atoms with E-state index in [1.807, 2.05) is 47.8 Å². The van der Waals surface area contributed by atoms with Crippen molar-refractivity contribution in [2.24, 2.45) is 0 Å². The minimum Gasteiger partial charge on any atom is -0.363 e. The summed E-state index contributed by atoms with van der Waals surface area (Å²) >= 11 is 5.12. The Balaban J connectivity index is 1.70. The average molecular weight is 450 g/mol. The molecule has 28 heavy (non-hydrogen) atoms. The molecule has 4 rings (SSSR count). The van der Waals surface area contributed by atoms with Gasteiger partial charge in [0.05, 0.1) is 5.69 Å². The molecule has 1 aromatic heterocycles. The summed E-state index contributed by atoms with van der Waals surface area (Å²) in [6.07, 6.45) is 0.897. The van der Waals surface area contributed by atoms with Crippen LogP contribution >= 0.6 is 27.3 Å². The van der Waals surface area contributed by atoms with Crippen LogP contribution in [-0.4, -0.2) is 6.54 Å². The second-order valence-corrected chi connectivity index (χ2v) is 8.56. The lowest BCUT2D eigenvalue weighted by Gasteiger charge is -2.24. The van der Waals surface area contributed by atoms with Crippen molar-refractivity contribution in [2.45, 2.75) is 13.0 Å². The van der Waals surface area contributed by atoms with Gasteiger partial charge in [-0.05, 0) is 35.7 Å². The Hall–Kier alpha value is -2.43. The third-order valence-electron chi connectivity index (χ3n) is 4.79. The van der Waals surface area contributed by atoms with Gasteiger partial charge in [0.15, 0.2) is 0 Å². The molecule has 4 heteroatoms. The molecule has 0 aliphatic heterocycles. The molecule has 2 nitrogen and oxygen atoms in total. The normalized spacial score (nSPS) is 10.9. The van der Waals surface area contributed by atoms with Crippen LogP contribution < -0.4 is 10.3 Å². The van der Waals surface area contributed by atoms with E-state index in [0.29, 0.717) is 0 Å². The number of anilines is 1. The monoisotopic (exact) mass is 449 g/mol. The summed E-state index contributed by atoms with van der Waals surface area (Å²) in [7, 11) is 0. The highest BCUT2D eigenvalue weighted by Crippen LogP contribution is 2.25. The summed E-state index contributed by atoms with van der Waals surface area (Å²) in [6, 6.07) is 26.7.